The van der Waals surface area contributed by atoms with Gasteiger partial charge in [0, 0.05) is 0 Å². The normalized spacial score (nSPS) is 53.0. The molecule has 5 nitrogen and oxygen atoms in total. The van der Waals surface area contributed by atoms with E-state index in [1.807, 2.05) is 0 Å². The van der Waals surface area contributed by atoms with Crippen LogP contribution in [-0.2, 0) is 14.6 Å². The fourth-order valence-corrected chi connectivity index (χ4v) is 7.97. The zero-order chi connectivity index (χ0) is 18.0. The predicted molar refractivity (Wildman–Crippen MR) is 94.2 cm³/mol. The quantitative estimate of drug-likeness (QED) is 0.724. The minimum atomic E-state index is -4.36. The third-order valence-electron chi connectivity index (χ3n) is 8.83. The molecule has 0 spiro atoms. The first-order valence-electron chi connectivity index (χ1n) is 9.97. The molecular formula is C19H32O5S. The minimum Gasteiger partial charge on any atom is -0.393 e. The highest BCUT2D eigenvalue weighted by atomic mass is 32.3. The first-order chi connectivity index (χ1) is 11.6. The van der Waals surface area contributed by atoms with Gasteiger partial charge in [-0.1, -0.05) is 13.8 Å². The molecule has 0 bridgehead atoms. The minimum absolute atomic E-state index is 0.107. The van der Waals surface area contributed by atoms with E-state index in [2.05, 4.69) is 13.8 Å². The molecule has 4 aliphatic rings. The summed E-state index contributed by atoms with van der Waals surface area (Å²) in [6.45, 7) is 4.71. The maximum Gasteiger partial charge on any atom is 0.397 e. The van der Waals surface area contributed by atoms with E-state index < -0.39 is 10.4 Å². The summed E-state index contributed by atoms with van der Waals surface area (Å²) in [4.78, 5) is 0. The van der Waals surface area contributed by atoms with Gasteiger partial charge < -0.3 is 5.11 Å². The highest BCUT2D eigenvalue weighted by molar-refractivity contribution is 7.80. The topological polar surface area (TPSA) is 83.8 Å². The summed E-state index contributed by atoms with van der Waals surface area (Å²) in [5.74, 6) is 2.51. The second-order valence-corrected chi connectivity index (χ2v) is 10.8. The van der Waals surface area contributed by atoms with Gasteiger partial charge in [0.25, 0.3) is 0 Å². The lowest BCUT2D eigenvalue weighted by Gasteiger charge is -2.60. The van der Waals surface area contributed by atoms with E-state index in [1.165, 1.54) is 12.8 Å². The Balaban J connectivity index is 1.53. The average Bonchev–Trinajstić information content (AvgIpc) is 2.82. The van der Waals surface area contributed by atoms with Crippen LogP contribution in [0.2, 0.25) is 0 Å². The molecule has 0 aliphatic heterocycles. The Morgan fingerprint density at radius 3 is 2.32 bits per heavy atom. The first kappa shape index (κ1) is 18.2. The van der Waals surface area contributed by atoms with Crippen molar-refractivity contribution in [2.45, 2.75) is 83.8 Å². The fraction of sp³-hybridized carbons (Fsp3) is 1.00. The summed E-state index contributed by atoms with van der Waals surface area (Å²) < 4.78 is 36.0. The van der Waals surface area contributed by atoms with Gasteiger partial charge in [0.2, 0.25) is 0 Å². The number of hydrogen-bond donors (Lipinski definition) is 2. The van der Waals surface area contributed by atoms with Crippen molar-refractivity contribution in [1.29, 1.82) is 0 Å². The summed E-state index contributed by atoms with van der Waals surface area (Å²) in [6, 6.07) is 0. The van der Waals surface area contributed by atoms with E-state index >= 15 is 0 Å². The van der Waals surface area contributed by atoms with Gasteiger partial charge in [-0.15, -0.1) is 0 Å². The molecule has 4 aliphatic carbocycles. The van der Waals surface area contributed by atoms with Crippen LogP contribution in [0, 0.1) is 34.5 Å². The molecule has 0 aromatic carbocycles. The van der Waals surface area contributed by atoms with Crippen molar-refractivity contribution in [3.63, 3.8) is 0 Å². The van der Waals surface area contributed by atoms with Crippen LogP contribution in [-0.4, -0.2) is 30.3 Å². The van der Waals surface area contributed by atoms with E-state index in [4.69, 9.17) is 8.74 Å². The van der Waals surface area contributed by atoms with Crippen molar-refractivity contribution in [2.75, 3.05) is 0 Å². The average molecular weight is 373 g/mol. The Kier molecular flexibility index (Phi) is 4.31. The highest BCUT2D eigenvalue weighted by Crippen LogP contribution is 2.66. The molecule has 0 unspecified atom stereocenters. The van der Waals surface area contributed by atoms with Gasteiger partial charge in [-0.2, -0.15) is 8.42 Å². The van der Waals surface area contributed by atoms with E-state index in [1.54, 1.807) is 0 Å². The molecule has 0 aromatic heterocycles. The molecule has 0 radical (unpaired) electrons. The second kappa shape index (κ2) is 5.91. The molecule has 6 heteroatoms. The molecule has 0 heterocycles. The van der Waals surface area contributed by atoms with Crippen LogP contribution in [0.4, 0.5) is 0 Å². The number of hydrogen-bond acceptors (Lipinski definition) is 4. The monoisotopic (exact) mass is 372 g/mol. The third kappa shape index (κ3) is 2.88. The molecule has 2 N–H and O–H groups in total. The van der Waals surface area contributed by atoms with Gasteiger partial charge in [0.15, 0.2) is 0 Å². The maximum absolute atomic E-state index is 11.1. The lowest BCUT2D eigenvalue weighted by Crippen LogP contribution is -2.54. The van der Waals surface area contributed by atoms with Gasteiger partial charge in [0.05, 0.1) is 12.2 Å². The fourth-order valence-electron chi connectivity index (χ4n) is 7.45. The predicted octanol–water partition coefficient (Wildman–Crippen LogP) is 3.58. The summed E-state index contributed by atoms with van der Waals surface area (Å²) in [6.07, 6.45) is 8.65. The number of aliphatic hydroxyl groups excluding tert-OH is 1. The second-order valence-electron chi connectivity index (χ2n) is 9.71. The Morgan fingerprint density at radius 2 is 1.60 bits per heavy atom. The summed E-state index contributed by atoms with van der Waals surface area (Å²) in [5.41, 5.74) is 0.354. The lowest BCUT2D eigenvalue weighted by molar-refractivity contribution is -0.131. The zero-order valence-corrected chi connectivity index (χ0v) is 16.2. The molecule has 0 aromatic rings. The molecule has 4 saturated carbocycles. The van der Waals surface area contributed by atoms with Gasteiger partial charge >= 0.3 is 10.4 Å². The van der Waals surface area contributed by atoms with Crippen molar-refractivity contribution in [1.82, 2.24) is 0 Å². The molecule has 4 fully saturated rings. The largest absolute Gasteiger partial charge is 0.397 e. The van der Waals surface area contributed by atoms with E-state index in [9.17, 15) is 13.5 Å². The number of fused-ring (bicyclic) bond motifs is 5. The maximum atomic E-state index is 11.1. The number of rotatable bonds is 2. The van der Waals surface area contributed by atoms with Gasteiger partial charge in [-0.25, -0.2) is 4.18 Å². The Bertz CT molecular complexity index is 634. The van der Waals surface area contributed by atoms with Crippen molar-refractivity contribution >= 4 is 10.4 Å². The van der Waals surface area contributed by atoms with Crippen molar-refractivity contribution in [2.24, 2.45) is 34.5 Å². The van der Waals surface area contributed by atoms with Gasteiger partial charge in [0.1, 0.15) is 0 Å². The van der Waals surface area contributed by atoms with E-state index in [-0.39, 0.29) is 23.0 Å². The standard InChI is InChI=1S/C19H32O5S/c1-18-9-7-13(24-25(21,22)23)11-12(18)3-4-14-15-5-6-17(20)19(15,2)10-8-16(14)18/h12-17,20H,3-11H2,1-2H3,(H,21,22,23)/t12-,13-,14-,15-,16-,17-,18-,19-/m0/s1. The van der Waals surface area contributed by atoms with E-state index in [0.717, 1.165) is 38.5 Å². The van der Waals surface area contributed by atoms with Crippen LogP contribution in [0.3, 0.4) is 0 Å². The van der Waals surface area contributed by atoms with Crippen LogP contribution in [0.25, 0.3) is 0 Å². The van der Waals surface area contributed by atoms with Crippen molar-refractivity contribution in [3.8, 4) is 0 Å². The van der Waals surface area contributed by atoms with Crippen LogP contribution in [0.5, 0.6) is 0 Å². The van der Waals surface area contributed by atoms with E-state index in [0.29, 0.717) is 30.1 Å². The summed E-state index contributed by atoms with van der Waals surface area (Å²) in [5, 5.41) is 10.5. The molecule has 8 atom stereocenters. The highest BCUT2D eigenvalue weighted by Gasteiger charge is 2.60. The molecule has 0 amide bonds. The summed E-state index contributed by atoms with van der Waals surface area (Å²) >= 11 is 0. The Hall–Kier alpha value is -0.170. The number of aliphatic hydroxyl groups is 1. The smallest absolute Gasteiger partial charge is 0.393 e. The molecular weight excluding hydrogens is 340 g/mol. The third-order valence-corrected chi connectivity index (χ3v) is 9.34. The van der Waals surface area contributed by atoms with Crippen LogP contribution in [0.1, 0.15) is 71.6 Å². The van der Waals surface area contributed by atoms with Gasteiger partial charge in [-0.3, -0.25) is 4.55 Å². The SMILES string of the molecule is C[C@]12CC[C@H](OS(=O)(=O)O)C[C@@H]1CC[C@@H]1[C@@H]2CC[C@]2(C)[C@@H](O)CC[C@@H]12. The van der Waals surface area contributed by atoms with Crippen LogP contribution < -0.4 is 0 Å². The Labute approximate surface area is 151 Å². The zero-order valence-electron chi connectivity index (χ0n) is 15.4. The summed E-state index contributed by atoms with van der Waals surface area (Å²) in [7, 11) is -4.36. The lowest BCUT2D eigenvalue weighted by atomic mass is 9.45. The molecule has 0 saturated heterocycles. The molecule has 144 valence electrons. The van der Waals surface area contributed by atoms with Crippen molar-refractivity contribution in [3.05, 3.63) is 0 Å². The van der Waals surface area contributed by atoms with Gasteiger partial charge in [-0.05, 0) is 92.3 Å². The van der Waals surface area contributed by atoms with Crippen LogP contribution in [0.15, 0.2) is 0 Å². The van der Waals surface area contributed by atoms with Crippen LogP contribution >= 0.6 is 0 Å². The molecule has 4 rings (SSSR count). The molecule has 25 heavy (non-hydrogen) atoms. The van der Waals surface area contributed by atoms with Crippen molar-refractivity contribution < 1.29 is 22.3 Å². The Morgan fingerprint density at radius 1 is 0.920 bits per heavy atom. The first-order valence-corrected chi connectivity index (χ1v) is 11.3.